The Morgan fingerprint density at radius 2 is 2.06 bits per heavy atom. The van der Waals surface area contributed by atoms with Gasteiger partial charge in [-0.3, -0.25) is 9.48 Å². The molecule has 5 nitrogen and oxygen atoms in total. The lowest BCUT2D eigenvalue weighted by Crippen LogP contribution is -2.31. The lowest BCUT2D eigenvalue weighted by Gasteiger charge is -2.22. The van der Waals surface area contributed by atoms with Gasteiger partial charge in [0.15, 0.2) is 0 Å². The van der Waals surface area contributed by atoms with Crippen molar-refractivity contribution in [1.82, 2.24) is 9.78 Å². The number of aliphatic hydroxyl groups excluding tert-OH is 1. The zero-order chi connectivity index (χ0) is 13.2. The van der Waals surface area contributed by atoms with Gasteiger partial charge in [-0.05, 0) is 27.7 Å². The van der Waals surface area contributed by atoms with E-state index in [0.29, 0.717) is 6.54 Å². The molecule has 0 saturated carbocycles. The first-order valence-electron chi connectivity index (χ1n) is 5.55. The molecule has 96 valence electrons. The molecule has 1 N–H and O–H groups in total. The van der Waals surface area contributed by atoms with Gasteiger partial charge in [-0.15, -0.1) is 0 Å². The van der Waals surface area contributed by atoms with Crippen molar-refractivity contribution in [2.24, 2.45) is 5.41 Å². The van der Waals surface area contributed by atoms with Gasteiger partial charge in [-0.1, -0.05) is 0 Å². The molecule has 0 amide bonds. The number of aromatic nitrogens is 2. The largest absolute Gasteiger partial charge is 0.469 e. The number of carbonyl (C=O) groups is 1. The molecule has 0 aromatic carbocycles. The molecule has 1 aromatic heterocycles. The van der Waals surface area contributed by atoms with Crippen LogP contribution in [0.4, 0.5) is 0 Å². The molecule has 0 radical (unpaired) electrons. The van der Waals surface area contributed by atoms with E-state index in [1.807, 2.05) is 27.7 Å². The highest BCUT2D eigenvalue weighted by molar-refractivity contribution is 5.75. The molecule has 1 rings (SSSR count). The molecule has 0 saturated heterocycles. The van der Waals surface area contributed by atoms with Crippen molar-refractivity contribution in [2.45, 2.75) is 40.8 Å². The third-order valence-electron chi connectivity index (χ3n) is 2.97. The molecule has 0 atom stereocenters. The molecule has 0 spiro atoms. The van der Waals surface area contributed by atoms with Crippen LogP contribution in [0.5, 0.6) is 0 Å². The van der Waals surface area contributed by atoms with Gasteiger partial charge in [-0.2, -0.15) is 5.10 Å². The maximum Gasteiger partial charge on any atom is 0.313 e. The van der Waals surface area contributed by atoms with Crippen molar-refractivity contribution in [3.63, 3.8) is 0 Å². The smallest absolute Gasteiger partial charge is 0.313 e. The molecule has 0 bridgehead atoms. The molecule has 0 aliphatic rings. The Hall–Kier alpha value is -1.36. The number of ether oxygens (including phenoxy) is 1. The van der Waals surface area contributed by atoms with Crippen LogP contribution in [0.3, 0.4) is 0 Å². The highest BCUT2D eigenvalue weighted by Gasteiger charge is 2.30. The Morgan fingerprint density at radius 1 is 1.47 bits per heavy atom. The summed E-state index contributed by atoms with van der Waals surface area (Å²) in [6.45, 7) is 7.77. The van der Waals surface area contributed by atoms with Gasteiger partial charge in [0.05, 0.1) is 31.4 Å². The molecular weight excluding hydrogens is 220 g/mol. The minimum absolute atomic E-state index is 0.0314. The molecule has 17 heavy (non-hydrogen) atoms. The standard InChI is InChI=1S/C12H20N2O3/c1-8-10(6-15)9(2)14(13-8)7-12(3,4)11(16)17-5/h15H,6-7H2,1-5H3. The fourth-order valence-corrected chi connectivity index (χ4v) is 1.83. The number of aliphatic hydroxyl groups is 1. The maximum atomic E-state index is 11.6. The SMILES string of the molecule is COC(=O)C(C)(C)Cn1nc(C)c(CO)c1C. The summed E-state index contributed by atoms with van der Waals surface area (Å²) in [5.74, 6) is -0.268. The molecule has 0 fully saturated rings. The number of rotatable bonds is 4. The van der Waals surface area contributed by atoms with E-state index in [2.05, 4.69) is 5.10 Å². The fourth-order valence-electron chi connectivity index (χ4n) is 1.83. The van der Waals surface area contributed by atoms with Crippen LogP contribution in [0, 0.1) is 19.3 Å². The maximum absolute atomic E-state index is 11.6. The summed E-state index contributed by atoms with van der Waals surface area (Å²) in [6, 6.07) is 0. The second-order valence-corrected chi connectivity index (χ2v) is 4.84. The summed E-state index contributed by atoms with van der Waals surface area (Å²) < 4.78 is 6.51. The van der Waals surface area contributed by atoms with Crippen molar-refractivity contribution in [2.75, 3.05) is 7.11 Å². The van der Waals surface area contributed by atoms with E-state index in [4.69, 9.17) is 4.74 Å². The number of nitrogens with zero attached hydrogens (tertiary/aromatic N) is 2. The average Bonchev–Trinajstić information content (AvgIpc) is 2.52. The first kappa shape index (κ1) is 13.7. The normalized spacial score (nSPS) is 11.6. The van der Waals surface area contributed by atoms with Gasteiger partial charge in [0, 0.05) is 11.3 Å². The Labute approximate surface area is 101 Å². The van der Waals surface area contributed by atoms with Crippen molar-refractivity contribution in [3.05, 3.63) is 17.0 Å². The van der Waals surface area contributed by atoms with Gasteiger partial charge in [0.1, 0.15) is 0 Å². The second-order valence-electron chi connectivity index (χ2n) is 4.84. The molecule has 0 unspecified atom stereocenters. The van der Waals surface area contributed by atoms with Crippen molar-refractivity contribution in [1.29, 1.82) is 0 Å². The van der Waals surface area contributed by atoms with Gasteiger partial charge in [0.2, 0.25) is 0 Å². The minimum atomic E-state index is -0.634. The van der Waals surface area contributed by atoms with Crippen LogP contribution in [0.25, 0.3) is 0 Å². The summed E-state index contributed by atoms with van der Waals surface area (Å²) >= 11 is 0. The number of esters is 1. The van der Waals surface area contributed by atoms with Crippen molar-refractivity contribution >= 4 is 5.97 Å². The number of aryl methyl sites for hydroxylation is 1. The van der Waals surface area contributed by atoms with Gasteiger partial charge >= 0.3 is 5.97 Å². The lowest BCUT2D eigenvalue weighted by atomic mass is 9.94. The zero-order valence-corrected chi connectivity index (χ0v) is 11.1. The fraction of sp³-hybridized carbons (Fsp3) is 0.667. The Bertz CT molecular complexity index is 422. The molecule has 1 heterocycles. The second kappa shape index (κ2) is 4.87. The van der Waals surface area contributed by atoms with E-state index >= 15 is 0 Å². The molecule has 1 aromatic rings. The van der Waals surface area contributed by atoms with Crippen LogP contribution in [0.2, 0.25) is 0 Å². The predicted molar refractivity (Wildman–Crippen MR) is 63.4 cm³/mol. The zero-order valence-electron chi connectivity index (χ0n) is 11.1. The van der Waals surface area contributed by atoms with Gasteiger partial charge in [-0.25, -0.2) is 0 Å². The van der Waals surface area contributed by atoms with Crippen molar-refractivity contribution in [3.8, 4) is 0 Å². The van der Waals surface area contributed by atoms with E-state index in [1.165, 1.54) is 7.11 Å². The first-order valence-corrected chi connectivity index (χ1v) is 5.55. The van der Waals surface area contributed by atoms with Crippen LogP contribution in [0.15, 0.2) is 0 Å². The van der Waals surface area contributed by atoms with Gasteiger partial charge < -0.3 is 9.84 Å². The van der Waals surface area contributed by atoms with E-state index in [-0.39, 0.29) is 12.6 Å². The summed E-state index contributed by atoms with van der Waals surface area (Å²) in [6.07, 6.45) is 0. The third kappa shape index (κ3) is 2.66. The van der Waals surface area contributed by atoms with E-state index in [1.54, 1.807) is 4.68 Å². The number of hydrogen-bond acceptors (Lipinski definition) is 4. The number of hydrogen-bond donors (Lipinski definition) is 1. The quantitative estimate of drug-likeness (QED) is 0.803. The summed E-state index contributed by atoms with van der Waals surface area (Å²) in [7, 11) is 1.38. The lowest BCUT2D eigenvalue weighted by molar-refractivity contribution is -0.151. The van der Waals surface area contributed by atoms with Crippen LogP contribution in [-0.4, -0.2) is 28.0 Å². The monoisotopic (exact) mass is 240 g/mol. The van der Waals surface area contributed by atoms with Gasteiger partial charge in [0.25, 0.3) is 0 Å². The predicted octanol–water partition coefficient (Wildman–Crippen LogP) is 1.19. The van der Waals surface area contributed by atoms with E-state index < -0.39 is 5.41 Å². The average molecular weight is 240 g/mol. The number of carbonyl (C=O) groups excluding carboxylic acids is 1. The Kier molecular flexibility index (Phi) is 3.93. The molecule has 0 aliphatic carbocycles. The molecular formula is C12H20N2O3. The Balaban J connectivity index is 3.00. The van der Waals surface area contributed by atoms with Crippen LogP contribution >= 0.6 is 0 Å². The van der Waals surface area contributed by atoms with E-state index in [9.17, 15) is 9.90 Å². The summed E-state index contributed by atoms with van der Waals surface area (Å²) in [5.41, 5.74) is 1.88. The topological polar surface area (TPSA) is 64.4 Å². The first-order chi connectivity index (χ1) is 7.83. The highest BCUT2D eigenvalue weighted by atomic mass is 16.5. The van der Waals surface area contributed by atoms with Crippen LogP contribution in [0.1, 0.15) is 30.8 Å². The van der Waals surface area contributed by atoms with E-state index in [0.717, 1.165) is 17.0 Å². The highest BCUT2D eigenvalue weighted by Crippen LogP contribution is 2.22. The third-order valence-corrected chi connectivity index (χ3v) is 2.97. The van der Waals surface area contributed by atoms with Crippen LogP contribution in [-0.2, 0) is 22.7 Å². The minimum Gasteiger partial charge on any atom is -0.469 e. The molecule has 5 heteroatoms. The summed E-state index contributed by atoms with van der Waals surface area (Å²) in [5, 5.41) is 13.6. The Morgan fingerprint density at radius 3 is 2.47 bits per heavy atom. The van der Waals surface area contributed by atoms with Crippen LogP contribution < -0.4 is 0 Å². The van der Waals surface area contributed by atoms with Crippen molar-refractivity contribution < 1.29 is 14.6 Å². The summed E-state index contributed by atoms with van der Waals surface area (Å²) in [4.78, 5) is 11.6. The number of methoxy groups -OCH3 is 1. The molecule has 0 aliphatic heterocycles.